The van der Waals surface area contributed by atoms with Crippen molar-refractivity contribution in [2.24, 2.45) is 0 Å². The highest BCUT2D eigenvalue weighted by Gasteiger charge is 2.41. The van der Waals surface area contributed by atoms with E-state index >= 15 is 0 Å². The summed E-state index contributed by atoms with van der Waals surface area (Å²) >= 11 is 1.50. The molecule has 0 aliphatic rings. The second kappa shape index (κ2) is 7.14. The molecule has 0 amide bonds. The molecule has 0 bridgehead atoms. The lowest BCUT2D eigenvalue weighted by Crippen LogP contribution is -2.33. The summed E-state index contributed by atoms with van der Waals surface area (Å²) in [7, 11) is 1.43. The SMILES string of the molecule is C=CCC(Sc1ccccc1)(C(=O)OC)c1ccccc1. The predicted molar refractivity (Wildman–Crippen MR) is 87.2 cm³/mol. The molecule has 0 spiro atoms. The van der Waals surface area contributed by atoms with Gasteiger partial charge in [0.2, 0.25) is 0 Å². The number of rotatable bonds is 6. The molecule has 2 aromatic carbocycles. The average molecular weight is 298 g/mol. The summed E-state index contributed by atoms with van der Waals surface area (Å²) in [4.78, 5) is 13.6. The fraction of sp³-hybridized carbons (Fsp3) is 0.167. The Balaban J connectivity index is 2.50. The van der Waals surface area contributed by atoms with Crippen LogP contribution in [0, 0.1) is 0 Å². The van der Waals surface area contributed by atoms with Crippen molar-refractivity contribution < 1.29 is 9.53 Å². The molecule has 0 radical (unpaired) electrons. The van der Waals surface area contributed by atoms with Gasteiger partial charge in [-0.05, 0) is 24.1 Å². The number of esters is 1. The molecule has 0 heterocycles. The van der Waals surface area contributed by atoms with Crippen molar-refractivity contribution in [1.29, 1.82) is 0 Å². The third-order valence-electron chi connectivity index (χ3n) is 3.22. The van der Waals surface area contributed by atoms with E-state index in [1.165, 1.54) is 18.9 Å². The van der Waals surface area contributed by atoms with Crippen LogP contribution in [0.15, 0.2) is 78.2 Å². The lowest BCUT2D eigenvalue weighted by atomic mass is 9.94. The van der Waals surface area contributed by atoms with Crippen molar-refractivity contribution in [3.05, 3.63) is 78.9 Å². The topological polar surface area (TPSA) is 26.3 Å². The maximum Gasteiger partial charge on any atom is 0.327 e. The molecule has 0 N–H and O–H groups in total. The lowest BCUT2D eigenvalue weighted by molar-refractivity contribution is -0.143. The van der Waals surface area contributed by atoms with Crippen molar-refractivity contribution in [3.8, 4) is 0 Å². The quantitative estimate of drug-likeness (QED) is 0.448. The molecule has 21 heavy (non-hydrogen) atoms. The van der Waals surface area contributed by atoms with E-state index in [0.717, 1.165) is 10.5 Å². The van der Waals surface area contributed by atoms with Gasteiger partial charge in [0, 0.05) is 4.90 Å². The van der Waals surface area contributed by atoms with Crippen LogP contribution in [0.3, 0.4) is 0 Å². The van der Waals surface area contributed by atoms with Gasteiger partial charge in [0.15, 0.2) is 0 Å². The third kappa shape index (κ3) is 3.37. The zero-order valence-corrected chi connectivity index (χ0v) is 12.8. The standard InChI is InChI=1S/C18H18O2S/c1-3-14-18(17(19)20-2,15-10-6-4-7-11-15)21-16-12-8-5-9-13-16/h3-13H,1,14H2,2H3. The van der Waals surface area contributed by atoms with Gasteiger partial charge in [0.1, 0.15) is 4.75 Å². The highest BCUT2D eigenvalue weighted by Crippen LogP contribution is 2.45. The van der Waals surface area contributed by atoms with Gasteiger partial charge in [-0.15, -0.1) is 18.3 Å². The van der Waals surface area contributed by atoms with Gasteiger partial charge in [-0.2, -0.15) is 0 Å². The number of hydrogen-bond donors (Lipinski definition) is 0. The first-order valence-electron chi connectivity index (χ1n) is 6.72. The second-order valence-corrected chi connectivity index (χ2v) is 5.96. The predicted octanol–water partition coefficient (Wildman–Crippen LogP) is 4.42. The molecule has 0 aliphatic carbocycles. The number of hydrogen-bond acceptors (Lipinski definition) is 3. The van der Waals surface area contributed by atoms with Crippen LogP contribution in [-0.2, 0) is 14.3 Å². The fourth-order valence-corrected chi connectivity index (χ4v) is 3.54. The number of carbonyl (C=O) groups is 1. The molecule has 3 heteroatoms. The average Bonchev–Trinajstić information content (AvgIpc) is 2.55. The maximum atomic E-state index is 12.5. The zero-order chi connectivity index (χ0) is 15.1. The lowest BCUT2D eigenvalue weighted by Gasteiger charge is -2.30. The summed E-state index contributed by atoms with van der Waals surface area (Å²) in [6, 6.07) is 19.6. The van der Waals surface area contributed by atoms with Gasteiger partial charge in [-0.25, -0.2) is 0 Å². The zero-order valence-electron chi connectivity index (χ0n) is 12.0. The summed E-state index contributed by atoms with van der Waals surface area (Å²) < 4.78 is 4.28. The van der Waals surface area contributed by atoms with E-state index in [1.807, 2.05) is 60.7 Å². The second-order valence-electron chi connectivity index (χ2n) is 4.59. The Morgan fingerprint density at radius 1 is 1.14 bits per heavy atom. The van der Waals surface area contributed by atoms with E-state index in [0.29, 0.717) is 6.42 Å². The first-order chi connectivity index (χ1) is 10.2. The van der Waals surface area contributed by atoms with Crippen molar-refractivity contribution in [1.82, 2.24) is 0 Å². The normalized spacial score (nSPS) is 13.2. The van der Waals surface area contributed by atoms with Gasteiger partial charge < -0.3 is 4.74 Å². The van der Waals surface area contributed by atoms with Crippen LogP contribution in [0.1, 0.15) is 12.0 Å². The first kappa shape index (κ1) is 15.4. The molecule has 0 saturated heterocycles. The number of carbonyl (C=O) groups excluding carboxylic acids is 1. The van der Waals surface area contributed by atoms with Crippen LogP contribution in [0.25, 0.3) is 0 Å². The van der Waals surface area contributed by atoms with E-state index < -0.39 is 4.75 Å². The largest absolute Gasteiger partial charge is 0.468 e. The first-order valence-corrected chi connectivity index (χ1v) is 7.53. The van der Waals surface area contributed by atoms with Gasteiger partial charge >= 0.3 is 5.97 Å². The van der Waals surface area contributed by atoms with Crippen LogP contribution in [0.2, 0.25) is 0 Å². The Hall–Kier alpha value is -2.00. The summed E-state index contributed by atoms with van der Waals surface area (Å²) in [5.74, 6) is -0.262. The smallest absolute Gasteiger partial charge is 0.327 e. The van der Waals surface area contributed by atoms with Crippen LogP contribution in [0.5, 0.6) is 0 Å². The molecule has 108 valence electrons. The Labute approximate surface area is 129 Å². The molecule has 1 atom stereocenters. The van der Waals surface area contributed by atoms with E-state index in [9.17, 15) is 4.79 Å². The Kier molecular flexibility index (Phi) is 5.23. The molecule has 2 rings (SSSR count). The van der Waals surface area contributed by atoms with Gasteiger partial charge in [0.25, 0.3) is 0 Å². The van der Waals surface area contributed by atoms with E-state index in [-0.39, 0.29) is 5.97 Å². The minimum atomic E-state index is -0.806. The van der Waals surface area contributed by atoms with E-state index in [2.05, 4.69) is 6.58 Å². The maximum absolute atomic E-state index is 12.5. The van der Waals surface area contributed by atoms with Crippen molar-refractivity contribution in [2.75, 3.05) is 7.11 Å². The molecule has 0 fully saturated rings. The van der Waals surface area contributed by atoms with Crippen LogP contribution >= 0.6 is 11.8 Å². The van der Waals surface area contributed by atoms with Crippen molar-refractivity contribution in [3.63, 3.8) is 0 Å². The molecule has 0 aromatic heterocycles. The summed E-state index contributed by atoms with van der Waals surface area (Å²) in [6.45, 7) is 3.81. The molecule has 1 unspecified atom stereocenters. The van der Waals surface area contributed by atoms with E-state index in [4.69, 9.17) is 4.74 Å². The molecular weight excluding hydrogens is 280 g/mol. The minimum Gasteiger partial charge on any atom is -0.468 e. The highest BCUT2D eigenvalue weighted by atomic mass is 32.2. The number of benzene rings is 2. The number of allylic oxidation sites excluding steroid dienone is 1. The Morgan fingerprint density at radius 2 is 1.71 bits per heavy atom. The third-order valence-corrected chi connectivity index (χ3v) is 4.65. The van der Waals surface area contributed by atoms with Crippen molar-refractivity contribution >= 4 is 17.7 Å². The van der Waals surface area contributed by atoms with Gasteiger partial charge in [0.05, 0.1) is 7.11 Å². The number of methoxy groups -OCH3 is 1. The number of ether oxygens (including phenoxy) is 1. The molecule has 0 aliphatic heterocycles. The van der Waals surface area contributed by atoms with Crippen LogP contribution in [0.4, 0.5) is 0 Å². The molecular formula is C18H18O2S. The molecule has 2 nitrogen and oxygen atoms in total. The Bertz CT molecular complexity index is 595. The minimum absolute atomic E-state index is 0.262. The van der Waals surface area contributed by atoms with Crippen molar-refractivity contribution in [2.45, 2.75) is 16.1 Å². The fourth-order valence-electron chi connectivity index (χ4n) is 2.23. The summed E-state index contributed by atoms with van der Waals surface area (Å²) in [5.41, 5.74) is 0.922. The Morgan fingerprint density at radius 3 is 2.24 bits per heavy atom. The summed E-state index contributed by atoms with van der Waals surface area (Å²) in [6.07, 6.45) is 2.27. The monoisotopic (exact) mass is 298 g/mol. The van der Waals surface area contributed by atoms with Gasteiger partial charge in [-0.3, -0.25) is 4.79 Å². The van der Waals surface area contributed by atoms with Crippen LogP contribution < -0.4 is 0 Å². The van der Waals surface area contributed by atoms with E-state index in [1.54, 1.807) is 6.08 Å². The summed E-state index contributed by atoms with van der Waals surface area (Å²) in [5, 5.41) is 0. The van der Waals surface area contributed by atoms with Gasteiger partial charge in [-0.1, -0.05) is 54.6 Å². The van der Waals surface area contributed by atoms with Crippen LogP contribution in [-0.4, -0.2) is 13.1 Å². The molecule has 0 saturated carbocycles. The molecule has 2 aromatic rings. The highest BCUT2D eigenvalue weighted by molar-refractivity contribution is 8.01. The number of thioether (sulfide) groups is 1.